The summed E-state index contributed by atoms with van der Waals surface area (Å²) in [6, 6.07) is 15.5. The Morgan fingerprint density at radius 2 is 1.76 bits per heavy atom. The first-order valence-corrected chi connectivity index (χ1v) is 11.0. The number of hydrogen-bond acceptors (Lipinski definition) is 5. The number of alkyl halides is 3. The van der Waals surface area contributed by atoms with E-state index in [-0.39, 0.29) is 12.0 Å². The Morgan fingerprint density at radius 1 is 0.973 bits per heavy atom. The van der Waals surface area contributed by atoms with Crippen LogP contribution < -0.4 is 10.1 Å². The Kier molecular flexibility index (Phi) is 7.28. The summed E-state index contributed by atoms with van der Waals surface area (Å²) in [5, 5.41) is 2.49. The standard InChI is InChI=1S/C27H19F4N3O3/c1-16-22(7-4-12-32-16)34-26(36)20-14-18(9-11-25(20)37-27(29,30)31)24(35)13-17-8-10-23(33-15-17)19-5-2-3-6-21(19)28/h2-12,14-15H,13H2,1H3,(H,34,36). The zero-order valence-corrected chi connectivity index (χ0v) is 19.3. The van der Waals surface area contributed by atoms with Crippen LogP contribution in [0.2, 0.25) is 0 Å². The highest BCUT2D eigenvalue weighted by Gasteiger charge is 2.33. The topological polar surface area (TPSA) is 81.2 Å². The molecule has 0 aliphatic carbocycles. The van der Waals surface area contributed by atoms with E-state index in [4.69, 9.17) is 0 Å². The summed E-state index contributed by atoms with van der Waals surface area (Å²) in [5.74, 6) is -2.56. The van der Waals surface area contributed by atoms with Crippen LogP contribution in [0, 0.1) is 12.7 Å². The Bertz CT molecular complexity index is 1450. The third-order valence-corrected chi connectivity index (χ3v) is 5.37. The number of anilines is 1. The first-order chi connectivity index (χ1) is 17.6. The van der Waals surface area contributed by atoms with Crippen molar-refractivity contribution in [2.45, 2.75) is 19.7 Å². The summed E-state index contributed by atoms with van der Waals surface area (Å²) < 4.78 is 56.8. The van der Waals surface area contributed by atoms with Crippen LogP contribution in [0.25, 0.3) is 11.3 Å². The summed E-state index contributed by atoms with van der Waals surface area (Å²) in [6.07, 6.45) is -2.27. The van der Waals surface area contributed by atoms with Crippen LogP contribution in [0.3, 0.4) is 0 Å². The molecule has 0 aliphatic heterocycles. The number of Topliss-reactive ketones (excluding diaryl/α,β-unsaturated/α-hetero) is 1. The van der Waals surface area contributed by atoms with Gasteiger partial charge in [-0.05, 0) is 61.0 Å². The molecule has 2 aromatic heterocycles. The van der Waals surface area contributed by atoms with E-state index in [0.29, 0.717) is 28.2 Å². The summed E-state index contributed by atoms with van der Waals surface area (Å²) in [7, 11) is 0. The molecule has 0 fully saturated rings. The van der Waals surface area contributed by atoms with E-state index in [2.05, 4.69) is 20.0 Å². The number of benzene rings is 2. The highest BCUT2D eigenvalue weighted by molar-refractivity contribution is 6.08. The molecule has 1 amide bonds. The minimum Gasteiger partial charge on any atom is -0.405 e. The van der Waals surface area contributed by atoms with Crippen molar-refractivity contribution in [3.05, 3.63) is 107 Å². The maximum absolute atomic E-state index is 14.0. The van der Waals surface area contributed by atoms with Crippen molar-refractivity contribution in [1.82, 2.24) is 9.97 Å². The van der Waals surface area contributed by atoms with Crippen LogP contribution in [-0.4, -0.2) is 28.0 Å². The summed E-state index contributed by atoms with van der Waals surface area (Å²) in [4.78, 5) is 34.0. The lowest BCUT2D eigenvalue weighted by Gasteiger charge is -2.15. The van der Waals surface area contributed by atoms with E-state index in [9.17, 15) is 27.2 Å². The zero-order chi connectivity index (χ0) is 26.6. The van der Waals surface area contributed by atoms with Gasteiger partial charge in [-0.3, -0.25) is 19.6 Å². The normalized spacial score (nSPS) is 11.2. The van der Waals surface area contributed by atoms with Gasteiger partial charge in [-0.15, -0.1) is 13.2 Å². The van der Waals surface area contributed by atoms with E-state index in [1.54, 1.807) is 43.3 Å². The monoisotopic (exact) mass is 509 g/mol. The number of carbonyl (C=O) groups is 2. The molecule has 0 aliphatic rings. The SMILES string of the molecule is Cc1ncccc1NC(=O)c1cc(C(=O)Cc2ccc(-c3ccccc3F)nc2)ccc1OC(F)(F)F. The number of ether oxygens (including phenoxy) is 1. The number of pyridine rings is 2. The molecular formula is C27H19F4N3O3. The number of nitrogens with one attached hydrogen (secondary N) is 1. The molecule has 0 saturated heterocycles. The Hall–Kier alpha value is -4.60. The Labute approximate surface area is 209 Å². The predicted octanol–water partition coefficient (Wildman–Crippen LogP) is 6.17. The number of rotatable bonds is 7. The molecule has 0 saturated carbocycles. The van der Waals surface area contributed by atoms with Crippen LogP contribution in [-0.2, 0) is 6.42 Å². The van der Waals surface area contributed by atoms with Crippen molar-refractivity contribution in [2.24, 2.45) is 0 Å². The molecule has 4 aromatic rings. The Balaban J connectivity index is 1.58. The van der Waals surface area contributed by atoms with Gasteiger partial charge in [0, 0.05) is 29.9 Å². The maximum atomic E-state index is 14.0. The number of aryl methyl sites for hydroxylation is 1. The van der Waals surface area contributed by atoms with Crippen LogP contribution in [0.4, 0.5) is 23.2 Å². The van der Waals surface area contributed by atoms with Crippen molar-refractivity contribution < 1.29 is 31.9 Å². The van der Waals surface area contributed by atoms with Crippen molar-refractivity contribution >= 4 is 17.4 Å². The average molecular weight is 509 g/mol. The molecule has 6 nitrogen and oxygen atoms in total. The van der Waals surface area contributed by atoms with Crippen molar-refractivity contribution in [3.63, 3.8) is 0 Å². The second-order valence-corrected chi connectivity index (χ2v) is 7.98. The van der Waals surface area contributed by atoms with E-state index in [1.807, 2.05) is 0 Å². The number of hydrogen-bond donors (Lipinski definition) is 1. The smallest absolute Gasteiger partial charge is 0.405 e. The van der Waals surface area contributed by atoms with Crippen molar-refractivity contribution in [1.29, 1.82) is 0 Å². The first kappa shape index (κ1) is 25.5. The van der Waals surface area contributed by atoms with Crippen LogP contribution in [0.15, 0.2) is 79.1 Å². The molecule has 0 atom stereocenters. The van der Waals surface area contributed by atoms with Gasteiger partial charge in [-0.1, -0.05) is 18.2 Å². The molecule has 0 radical (unpaired) electrons. The van der Waals surface area contributed by atoms with Gasteiger partial charge in [0.25, 0.3) is 5.91 Å². The lowest BCUT2D eigenvalue weighted by Crippen LogP contribution is -2.21. The van der Waals surface area contributed by atoms with Gasteiger partial charge >= 0.3 is 6.36 Å². The second-order valence-electron chi connectivity index (χ2n) is 7.98. The molecule has 2 aromatic carbocycles. The van der Waals surface area contributed by atoms with Crippen LogP contribution >= 0.6 is 0 Å². The number of ketones is 1. The highest BCUT2D eigenvalue weighted by atomic mass is 19.4. The van der Waals surface area contributed by atoms with Crippen molar-refractivity contribution in [3.8, 4) is 17.0 Å². The lowest BCUT2D eigenvalue weighted by atomic mass is 10.0. The zero-order valence-electron chi connectivity index (χ0n) is 19.3. The van der Waals surface area contributed by atoms with Crippen molar-refractivity contribution in [2.75, 3.05) is 5.32 Å². The number of halogens is 4. The predicted molar refractivity (Wildman–Crippen MR) is 128 cm³/mol. The molecule has 0 unspecified atom stereocenters. The van der Waals surface area contributed by atoms with E-state index >= 15 is 0 Å². The van der Waals surface area contributed by atoms with Gasteiger partial charge in [0.05, 0.1) is 22.6 Å². The highest BCUT2D eigenvalue weighted by Crippen LogP contribution is 2.29. The molecule has 4 rings (SSSR count). The number of nitrogens with zero attached hydrogens (tertiary/aromatic N) is 2. The Morgan fingerprint density at radius 3 is 2.43 bits per heavy atom. The van der Waals surface area contributed by atoms with Crippen LogP contribution in [0.5, 0.6) is 5.75 Å². The maximum Gasteiger partial charge on any atom is 0.573 e. The summed E-state index contributed by atoms with van der Waals surface area (Å²) in [6.45, 7) is 1.62. The second kappa shape index (κ2) is 10.6. The lowest BCUT2D eigenvalue weighted by molar-refractivity contribution is -0.274. The molecule has 37 heavy (non-hydrogen) atoms. The van der Waals surface area contributed by atoms with Gasteiger partial charge in [0.1, 0.15) is 11.6 Å². The third-order valence-electron chi connectivity index (χ3n) is 5.37. The minimum absolute atomic E-state index is 0.000707. The third kappa shape index (κ3) is 6.35. The number of carbonyl (C=O) groups excluding carboxylic acids is 2. The molecule has 2 heterocycles. The fourth-order valence-corrected chi connectivity index (χ4v) is 3.55. The average Bonchev–Trinajstić information content (AvgIpc) is 2.85. The van der Waals surface area contributed by atoms with E-state index < -0.39 is 35.2 Å². The summed E-state index contributed by atoms with van der Waals surface area (Å²) in [5.41, 5.74) is 1.46. The number of aromatic nitrogens is 2. The van der Waals surface area contributed by atoms with Gasteiger partial charge < -0.3 is 10.1 Å². The molecule has 1 N–H and O–H groups in total. The van der Waals surface area contributed by atoms with Gasteiger partial charge in [0.15, 0.2) is 5.78 Å². The van der Waals surface area contributed by atoms with Crippen LogP contribution in [0.1, 0.15) is 32.0 Å². The molecule has 10 heteroatoms. The minimum atomic E-state index is -5.05. The fourth-order valence-electron chi connectivity index (χ4n) is 3.55. The van der Waals surface area contributed by atoms with E-state index in [1.165, 1.54) is 24.5 Å². The van der Waals surface area contributed by atoms with Gasteiger partial charge in [-0.25, -0.2) is 4.39 Å². The quantitative estimate of drug-likeness (QED) is 0.238. The molecule has 0 bridgehead atoms. The van der Waals surface area contributed by atoms with Gasteiger partial charge in [0.2, 0.25) is 0 Å². The van der Waals surface area contributed by atoms with Gasteiger partial charge in [-0.2, -0.15) is 0 Å². The summed E-state index contributed by atoms with van der Waals surface area (Å²) >= 11 is 0. The number of amides is 1. The molecule has 0 spiro atoms. The molecular weight excluding hydrogens is 490 g/mol. The largest absolute Gasteiger partial charge is 0.573 e. The molecule has 188 valence electrons. The van der Waals surface area contributed by atoms with E-state index in [0.717, 1.165) is 18.2 Å². The first-order valence-electron chi connectivity index (χ1n) is 11.0. The fraction of sp³-hybridized carbons (Fsp3) is 0.111.